The number of benzene rings is 1. The third kappa shape index (κ3) is 2.61. The number of hydrogen-bond donors (Lipinski definition) is 1. The van der Waals surface area contributed by atoms with Crippen molar-refractivity contribution in [3.05, 3.63) is 45.7 Å². The second kappa shape index (κ2) is 4.53. The van der Waals surface area contributed by atoms with Crippen LogP contribution in [-0.4, -0.2) is 10.8 Å². The van der Waals surface area contributed by atoms with E-state index in [1.165, 1.54) is 0 Å². The van der Waals surface area contributed by atoms with Crippen LogP contribution in [0.2, 0.25) is 0 Å². The second-order valence-electron chi connectivity index (χ2n) is 4.42. The van der Waals surface area contributed by atoms with Gasteiger partial charge in [-0.3, -0.25) is 4.79 Å². The molecule has 0 saturated heterocycles. The first-order chi connectivity index (χ1) is 8.06. The summed E-state index contributed by atoms with van der Waals surface area (Å²) in [6, 6.07) is 7.81. The molecule has 0 aliphatic carbocycles. The van der Waals surface area contributed by atoms with Crippen molar-refractivity contribution in [1.82, 2.24) is 4.98 Å². The lowest BCUT2D eigenvalue weighted by molar-refractivity contribution is -0.116. The van der Waals surface area contributed by atoms with Gasteiger partial charge in [-0.25, -0.2) is 0 Å². The van der Waals surface area contributed by atoms with Gasteiger partial charge in [0.05, 0.1) is 0 Å². The topological polar surface area (TPSA) is 49.9 Å². The van der Waals surface area contributed by atoms with Crippen molar-refractivity contribution in [2.45, 2.75) is 26.7 Å². The van der Waals surface area contributed by atoms with Gasteiger partial charge < -0.3 is 9.78 Å². The molecule has 3 heteroatoms. The molecule has 1 N–H and O–H groups in total. The molecule has 88 valence electrons. The molecule has 0 unspecified atom stereocenters. The number of aromatic amines is 1. The number of fused-ring (bicyclic) bond motifs is 1. The fraction of sp³-hybridized carbons (Fsp3) is 0.286. The quantitative estimate of drug-likeness (QED) is 0.878. The zero-order chi connectivity index (χ0) is 12.4. The Morgan fingerprint density at radius 1 is 1.29 bits per heavy atom. The highest BCUT2D eigenvalue weighted by Crippen LogP contribution is 2.13. The summed E-state index contributed by atoms with van der Waals surface area (Å²) in [6.45, 7) is 3.53. The Morgan fingerprint density at radius 3 is 2.76 bits per heavy atom. The van der Waals surface area contributed by atoms with Gasteiger partial charge in [0, 0.05) is 17.5 Å². The molecular weight excluding hydrogens is 214 g/mol. The van der Waals surface area contributed by atoms with Crippen LogP contribution in [-0.2, 0) is 11.2 Å². The predicted molar refractivity (Wildman–Crippen MR) is 68.3 cm³/mol. The van der Waals surface area contributed by atoms with Crippen LogP contribution in [0.5, 0.6) is 0 Å². The Balaban J connectivity index is 2.45. The summed E-state index contributed by atoms with van der Waals surface area (Å²) in [7, 11) is 0. The van der Waals surface area contributed by atoms with E-state index < -0.39 is 0 Å². The average Bonchev–Trinajstić information content (AvgIpc) is 2.26. The van der Waals surface area contributed by atoms with E-state index in [-0.39, 0.29) is 11.3 Å². The maximum Gasteiger partial charge on any atom is 0.251 e. The molecule has 0 spiro atoms. The first-order valence-corrected chi connectivity index (χ1v) is 5.68. The summed E-state index contributed by atoms with van der Waals surface area (Å²) in [6.07, 6.45) is 0.926. The number of nitrogens with one attached hydrogen (secondary N) is 1. The van der Waals surface area contributed by atoms with Crippen LogP contribution in [0, 0.1) is 6.92 Å². The predicted octanol–water partition coefficient (Wildman–Crippen LogP) is 2.36. The van der Waals surface area contributed by atoms with E-state index in [0.717, 1.165) is 16.5 Å². The molecule has 0 saturated carbocycles. The number of aromatic nitrogens is 1. The van der Waals surface area contributed by atoms with Crippen LogP contribution in [0.1, 0.15) is 24.5 Å². The summed E-state index contributed by atoms with van der Waals surface area (Å²) in [4.78, 5) is 25.6. The van der Waals surface area contributed by atoms with E-state index in [4.69, 9.17) is 0 Å². The van der Waals surface area contributed by atoms with Crippen molar-refractivity contribution in [3.8, 4) is 0 Å². The molecule has 0 radical (unpaired) electrons. The van der Waals surface area contributed by atoms with Gasteiger partial charge in [-0.1, -0.05) is 12.1 Å². The molecule has 0 atom stereocenters. The van der Waals surface area contributed by atoms with E-state index in [1.54, 1.807) is 6.92 Å². The molecular formula is C14H15NO2. The first kappa shape index (κ1) is 11.6. The van der Waals surface area contributed by atoms with Crippen molar-refractivity contribution < 1.29 is 4.79 Å². The Kier molecular flexibility index (Phi) is 3.09. The highest BCUT2D eigenvalue weighted by molar-refractivity contribution is 5.80. The number of pyridine rings is 1. The highest BCUT2D eigenvalue weighted by atomic mass is 16.1. The van der Waals surface area contributed by atoms with Gasteiger partial charge in [0.25, 0.3) is 5.56 Å². The molecule has 0 aliphatic rings. The first-order valence-electron chi connectivity index (χ1n) is 5.68. The zero-order valence-corrected chi connectivity index (χ0v) is 10.0. The van der Waals surface area contributed by atoms with E-state index in [2.05, 4.69) is 4.98 Å². The van der Waals surface area contributed by atoms with Crippen molar-refractivity contribution in [3.63, 3.8) is 0 Å². The van der Waals surface area contributed by atoms with Crippen molar-refractivity contribution in [1.29, 1.82) is 0 Å². The molecule has 0 amide bonds. The SMILES string of the molecule is CC(=O)CCc1cc2ccc(C)cc2[nH]c1=O. The van der Waals surface area contributed by atoms with Gasteiger partial charge in [-0.2, -0.15) is 0 Å². The van der Waals surface area contributed by atoms with Crippen molar-refractivity contribution in [2.75, 3.05) is 0 Å². The number of aryl methyl sites for hydroxylation is 2. The molecule has 3 nitrogen and oxygen atoms in total. The fourth-order valence-corrected chi connectivity index (χ4v) is 1.86. The lowest BCUT2D eigenvalue weighted by Gasteiger charge is -2.03. The number of rotatable bonds is 3. The van der Waals surface area contributed by atoms with E-state index in [1.807, 2.05) is 31.2 Å². The summed E-state index contributed by atoms with van der Waals surface area (Å²) < 4.78 is 0. The van der Waals surface area contributed by atoms with Gasteiger partial charge in [0.2, 0.25) is 0 Å². The van der Waals surface area contributed by atoms with Gasteiger partial charge >= 0.3 is 0 Å². The molecule has 0 fully saturated rings. The van der Waals surface area contributed by atoms with E-state index >= 15 is 0 Å². The number of H-pyrrole nitrogens is 1. The number of hydrogen-bond acceptors (Lipinski definition) is 2. The maximum absolute atomic E-state index is 11.8. The normalized spacial score (nSPS) is 10.7. The van der Waals surface area contributed by atoms with Crippen LogP contribution in [0.3, 0.4) is 0 Å². The van der Waals surface area contributed by atoms with E-state index in [9.17, 15) is 9.59 Å². The van der Waals surface area contributed by atoms with Crippen LogP contribution < -0.4 is 5.56 Å². The zero-order valence-electron chi connectivity index (χ0n) is 10.0. The van der Waals surface area contributed by atoms with Crippen LogP contribution >= 0.6 is 0 Å². The molecule has 1 aromatic heterocycles. The van der Waals surface area contributed by atoms with E-state index in [0.29, 0.717) is 18.4 Å². The number of ketones is 1. The number of Topliss-reactive ketones (excluding diaryl/α,β-unsaturated/α-hetero) is 1. The molecule has 17 heavy (non-hydrogen) atoms. The molecule has 0 aliphatic heterocycles. The lowest BCUT2D eigenvalue weighted by atomic mass is 10.1. The Labute approximate surface area is 99.5 Å². The van der Waals surface area contributed by atoms with Gasteiger partial charge in [-0.15, -0.1) is 0 Å². The molecule has 2 rings (SSSR count). The second-order valence-corrected chi connectivity index (χ2v) is 4.42. The molecule has 1 heterocycles. The molecule has 2 aromatic rings. The largest absolute Gasteiger partial charge is 0.322 e. The van der Waals surface area contributed by atoms with Gasteiger partial charge in [0.15, 0.2) is 0 Å². The van der Waals surface area contributed by atoms with Crippen LogP contribution in [0.25, 0.3) is 10.9 Å². The number of carbonyl (C=O) groups excluding carboxylic acids is 1. The van der Waals surface area contributed by atoms with Crippen LogP contribution in [0.15, 0.2) is 29.1 Å². The minimum Gasteiger partial charge on any atom is -0.322 e. The molecule has 0 bridgehead atoms. The standard InChI is InChI=1S/C14H15NO2/c1-9-3-5-11-8-12(6-4-10(2)16)14(17)15-13(11)7-9/h3,5,7-8H,4,6H2,1-2H3,(H,15,17). The summed E-state index contributed by atoms with van der Waals surface area (Å²) >= 11 is 0. The average molecular weight is 229 g/mol. The van der Waals surface area contributed by atoms with Crippen LogP contribution in [0.4, 0.5) is 0 Å². The van der Waals surface area contributed by atoms with Gasteiger partial charge in [-0.05, 0) is 43.4 Å². The maximum atomic E-state index is 11.8. The summed E-state index contributed by atoms with van der Waals surface area (Å²) in [5, 5.41) is 1.01. The summed E-state index contributed by atoms with van der Waals surface area (Å²) in [5.74, 6) is 0.105. The fourth-order valence-electron chi connectivity index (χ4n) is 1.86. The third-order valence-corrected chi connectivity index (χ3v) is 2.82. The smallest absolute Gasteiger partial charge is 0.251 e. The van der Waals surface area contributed by atoms with Crippen molar-refractivity contribution in [2.24, 2.45) is 0 Å². The summed E-state index contributed by atoms with van der Waals surface area (Å²) in [5.41, 5.74) is 2.55. The Bertz CT molecular complexity index is 626. The number of carbonyl (C=O) groups is 1. The van der Waals surface area contributed by atoms with Gasteiger partial charge in [0.1, 0.15) is 5.78 Å². The minimum absolute atomic E-state index is 0.0932. The third-order valence-electron chi connectivity index (χ3n) is 2.82. The highest BCUT2D eigenvalue weighted by Gasteiger charge is 2.04. The Morgan fingerprint density at radius 2 is 2.06 bits per heavy atom. The molecule has 1 aromatic carbocycles. The van der Waals surface area contributed by atoms with Crippen molar-refractivity contribution >= 4 is 16.7 Å². The monoisotopic (exact) mass is 229 g/mol. The Hall–Kier alpha value is -1.90. The minimum atomic E-state index is -0.0932. The lowest BCUT2D eigenvalue weighted by Crippen LogP contribution is -2.13.